The number of hydrogen-bond donors (Lipinski definition) is 0. The molecule has 0 saturated heterocycles. The fourth-order valence-electron chi connectivity index (χ4n) is 0.696. The number of rotatable bonds is 1. The molecular weight excluding hydrogens is 147 g/mol. The summed E-state index contributed by atoms with van der Waals surface area (Å²) in [6.45, 7) is 1.74. The van der Waals surface area contributed by atoms with Gasteiger partial charge in [-0.15, -0.1) is 0 Å². The van der Waals surface area contributed by atoms with Gasteiger partial charge in [0.15, 0.2) is 0 Å². The molecule has 0 N–H and O–H groups in total. The van der Waals surface area contributed by atoms with E-state index in [1.165, 1.54) is 0 Å². The first-order chi connectivity index (χ1) is 4.24. The van der Waals surface area contributed by atoms with Gasteiger partial charge >= 0.3 is 87.4 Å². The summed E-state index contributed by atoms with van der Waals surface area (Å²) in [7, 11) is 0. The topological polar surface area (TPSA) is 43.4 Å². The Kier molecular flexibility index (Phi) is 2.72. The van der Waals surface area contributed by atoms with Gasteiger partial charge in [0.2, 0.25) is 0 Å². The van der Waals surface area contributed by atoms with Gasteiger partial charge in [-0.3, -0.25) is 0 Å². The van der Waals surface area contributed by atoms with Crippen molar-refractivity contribution < 1.29 is 8.83 Å². The van der Waals surface area contributed by atoms with Crippen LogP contribution in [0.3, 0.4) is 0 Å². The van der Waals surface area contributed by atoms with Crippen molar-refractivity contribution in [1.29, 1.82) is 0 Å². The van der Waals surface area contributed by atoms with Crippen molar-refractivity contribution in [1.82, 2.24) is 0 Å². The van der Waals surface area contributed by atoms with E-state index in [1.54, 1.807) is 6.92 Å². The van der Waals surface area contributed by atoms with Crippen molar-refractivity contribution in [3.05, 3.63) is 22.1 Å². The summed E-state index contributed by atoms with van der Waals surface area (Å²) < 4.78 is 10.2. The third-order valence-electron chi connectivity index (χ3n) is 1.16. The van der Waals surface area contributed by atoms with Crippen LogP contribution in [0.5, 0.6) is 0 Å². The van der Waals surface area contributed by atoms with Gasteiger partial charge in [-0.1, -0.05) is 0 Å². The van der Waals surface area contributed by atoms with E-state index < -0.39 is 5.82 Å². The molecule has 0 aromatic carbocycles. The van der Waals surface area contributed by atoms with Crippen LogP contribution >= 0.6 is 0 Å². The second kappa shape index (κ2) is 3.16. The summed E-state index contributed by atoms with van der Waals surface area (Å²) in [6, 6.07) is 0. The van der Waals surface area contributed by atoms with Crippen LogP contribution in [-0.4, -0.2) is 49.0 Å². The summed E-state index contributed by atoms with van der Waals surface area (Å²) in [5, 5.41) is 0. The molecule has 0 amide bonds. The Morgan fingerprint density at radius 1 is 1.56 bits per heavy atom. The Balaban J connectivity index is 3.16. The van der Waals surface area contributed by atoms with Crippen LogP contribution in [0.4, 0.5) is 0 Å². The molecule has 0 bridgehead atoms. The maximum atomic E-state index is 10.4. The number of aryl methyl sites for hydroxylation is 1. The molecule has 0 spiro atoms. The van der Waals surface area contributed by atoms with E-state index >= 15 is 0 Å². The van der Waals surface area contributed by atoms with Crippen LogP contribution in [0, 0.1) is 6.92 Å². The first-order valence-electron chi connectivity index (χ1n) is 2.83. The van der Waals surface area contributed by atoms with E-state index in [4.69, 9.17) is 0 Å². The van der Waals surface area contributed by atoms with Crippen molar-refractivity contribution in [2.24, 2.45) is 0 Å². The molecule has 0 aliphatic heterocycles. The molecule has 0 aliphatic rings. The summed E-state index contributed by atoms with van der Waals surface area (Å²) in [6.07, 6.45) is 0. The van der Waals surface area contributed by atoms with Gasteiger partial charge < -0.3 is 0 Å². The molecule has 0 saturated carbocycles. The predicted molar refractivity (Wildman–Crippen MR) is 31.4 cm³/mol. The molecule has 9 heavy (non-hydrogen) atoms. The van der Waals surface area contributed by atoms with Crippen LogP contribution in [0.25, 0.3) is 0 Å². The van der Waals surface area contributed by atoms with Gasteiger partial charge in [-0.25, -0.2) is 0 Å². The average Bonchev–Trinajstić information content (AvgIpc) is 2.10. The monoisotopic (exact) mass is 152 g/mol. The van der Waals surface area contributed by atoms with E-state index in [9.17, 15) is 4.79 Å². The van der Waals surface area contributed by atoms with Gasteiger partial charge in [0, 0.05) is 0 Å². The summed E-state index contributed by atoms with van der Waals surface area (Å²) in [4.78, 5) is 10.4. The zero-order chi connectivity index (χ0) is 6.85. The third-order valence-corrected chi connectivity index (χ3v) is 2.16. The standard InChI is InChI=1S/C5H5O3.K/c1-3-4(2)8-5(6)7-3;/h1H2,2H3;. The fourth-order valence-corrected chi connectivity index (χ4v) is 1.70. The molecule has 0 atom stereocenters. The molecule has 1 heterocycles. The number of hydrogen-bond acceptors (Lipinski definition) is 3. The second-order valence-corrected chi connectivity index (χ2v) is 2.89. The molecular formula is C5H5KO3. The van der Waals surface area contributed by atoms with Crippen molar-refractivity contribution in [3.63, 3.8) is 0 Å². The van der Waals surface area contributed by atoms with Gasteiger partial charge in [0.1, 0.15) is 0 Å². The Morgan fingerprint density at radius 2 is 2.22 bits per heavy atom. The van der Waals surface area contributed by atoms with Crippen molar-refractivity contribution in [2.45, 2.75) is 7.44 Å². The molecule has 0 aliphatic carbocycles. The van der Waals surface area contributed by atoms with Crippen molar-refractivity contribution >= 4 is 49.0 Å². The summed E-state index contributed by atoms with van der Waals surface area (Å²) >= 11 is 0.678. The minimum absolute atomic E-state index is 0.577. The van der Waals surface area contributed by atoms with E-state index in [0.717, 1.165) is 6.28 Å². The van der Waals surface area contributed by atoms with E-state index in [0.29, 0.717) is 54.7 Å². The molecule has 3 nitrogen and oxygen atoms in total. The van der Waals surface area contributed by atoms with Crippen molar-refractivity contribution in [3.8, 4) is 0 Å². The molecule has 1 aromatic rings. The van der Waals surface area contributed by atoms with Crippen LogP contribution in [0.15, 0.2) is 13.6 Å². The third kappa shape index (κ3) is 1.78. The maximum absolute atomic E-state index is 10.4. The van der Waals surface area contributed by atoms with Crippen LogP contribution < -0.4 is 5.82 Å². The normalized spacial score (nSPS) is 10.1. The SMILES string of the molecule is Cc1oc(=O)oc1[CH2][K]. The molecule has 0 radical (unpaired) electrons. The summed E-state index contributed by atoms with van der Waals surface area (Å²) in [5.41, 5.74) is 0. The van der Waals surface area contributed by atoms with Gasteiger partial charge in [0.05, 0.1) is 0 Å². The van der Waals surface area contributed by atoms with Crippen LogP contribution in [0.2, 0.25) is 0 Å². The minimum atomic E-state index is -0.577. The molecule has 4 heteroatoms. The first kappa shape index (κ1) is 7.75. The molecule has 1 rings (SSSR count). The zero-order valence-corrected chi connectivity index (χ0v) is 8.55. The van der Waals surface area contributed by atoms with Crippen molar-refractivity contribution in [2.75, 3.05) is 0 Å². The van der Waals surface area contributed by atoms with Crippen LogP contribution in [0.1, 0.15) is 11.5 Å². The van der Waals surface area contributed by atoms with Gasteiger partial charge in [-0.2, -0.15) is 0 Å². The second-order valence-electron chi connectivity index (χ2n) is 1.79. The molecule has 44 valence electrons. The van der Waals surface area contributed by atoms with E-state index in [2.05, 4.69) is 8.83 Å². The first-order valence-corrected chi connectivity index (χ1v) is 5.04. The fraction of sp³-hybridized carbons (Fsp3) is 0.400. The summed E-state index contributed by atoms with van der Waals surface area (Å²) in [5.74, 6) is 0.778. The Labute approximate surface area is 86.0 Å². The molecule has 1 aromatic heterocycles. The van der Waals surface area contributed by atoms with Gasteiger partial charge in [0.25, 0.3) is 0 Å². The average molecular weight is 152 g/mol. The molecule has 0 fully saturated rings. The predicted octanol–water partition coefficient (Wildman–Crippen LogP) is 0.210. The zero-order valence-electron chi connectivity index (χ0n) is 5.43. The Morgan fingerprint density at radius 3 is 2.44 bits per heavy atom. The quantitative estimate of drug-likeness (QED) is 0.540. The Bertz CT molecular complexity index is 247. The molecule has 0 unspecified atom stereocenters. The van der Waals surface area contributed by atoms with E-state index in [-0.39, 0.29) is 0 Å². The Hall–Kier alpha value is 0.646. The van der Waals surface area contributed by atoms with Crippen LogP contribution in [-0.2, 0) is 0.515 Å². The van der Waals surface area contributed by atoms with E-state index in [1.807, 2.05) is 0 Å². The van der Waals surface area contributed by atoms with Gasteiger partial charge in [-0.05, 0) is 0 Å².